The second kappa shape index (κ2) is 9.41. The summed E-state index contributed by atoms with van der Waals surface area (Å²) in [5.41, 5.74) is 2.12. The third kappa shape index (κ3) is 4.71. The van der Waals surface area contributed by atoms with E-state index in [-0.39, 0.29) is 42.3 Å². The number of nitrogens with one attached hydrogen (secondary N) is 1. The Hall–Kier alpha value is -2.72. The number of para-hydroxylation sites is 1. The first-order valence-electron chi connectivity index (χ1n) is 11.0. The molecule has 32 heavy (non-hydrogen) atoms. The number of nitrogens with zero attached hydrogens (tertiary/aromatic N) is 4. The topological polar surface area (TPSA) is 105 Å². The van der Waals surface area contributed by atoms with Crippen molar-refractivity contribution in [2.24, 2.45) is 13.0 Å². The molecule has 2 aromatic rings. The zero-order valence-electron chi connectivity index (χ0n) is 18.2. The first-order valence-corrected chi connectivity index (χ1v) is 12.4. The van der Waals surface area contributed by atoms with Crippen LogP contribution >= 0.6 is 0 Å². The number of benzene rings is 1. The quantitative estimate of drug-likeness (QED) is 0.745. The Balaban J connectivity index is 1.50. The van der Waals surface area contributed by atoms with E-state index in [4.69, 9.17) is 0 Å². The fourth-order valence-electron chi connectivity index (χ4n) is 4.40. The van der Waals surface area contributed by atoms with Gasteiger partial charge in [-0.2, -0.15) is 4.31 Å². The Morgan fingerprint density at radius 2 is 1.94 bits per heavy atom. The summed E-state index contributed by atoms with van der Waals surface area (Å²) in [6.07, 6.45) is 5.43. The van der Waals surface area contributed by atoms with Crippen molar-refractivity contribution in [1.29, 1.82) is 0 Å². The summed E-state index contributed by atoms with van der Waals surface area (Å²) in [5.74, 6) is -0.452. The number of sulfonamides is 1. The maximum Gasteiger partial charge on any atom is 0.262 e. The molecular weight excluding hydrogens is 430 g/mol. The van der Waals surface area contributed by atoms with Crippen molar-refractivity contribution in [2.45, 2.75) is 37.1 Å². The van der Waals surface area contributed by atoms with E-state index in [1.807, 2.05) is 29.2 Å². The molecule has 0 saturated carbocycles. The maximum atomic E-state index is 13.4. The van der Waals surface area contributed by atoms with Gasteiger partial charge in [-0.05, 0) is 37.3 Å². The van der Waals surface area contributed by atoms with Crippen molar-refractivity contribution in [1.82, 2.24) is 19.2 Å². The Morgan fingerprint density at radius 3 is 2.72 bits per heavy atom. The minimum Gasteiger partial charge on any atom is -0.356 e. The zero-order valence-corrected chi connectivity index (χ0v) is 19.1. The van der Waals surface area contributed by atoms with Crippen LogP contribution in [0.25, 0.3) is 0 Å². The van der Waals surface area contributed by atoms with Gasteiger partial charge < -0.3 is 14.8 Å². The lowest BCUT2D eigenvalue weighted by Crippen LogP contribution is -2.37. The molecule has 1 N–H and O–H groups in total. The van der Waals surface area contributed by atoms with Crippen LogP contribution in [0.4, 0.5) is 5.69 Å². The normalized spacial score (nSPS) is 21.0. The van der Waals surface area contributed by atoms with Crippen molar-refractivity contribution in [3.05, 3.63) is 42.4 Å². The molecule has 9 nitrogen and oxygen atoms in total. The summed E-state index contributed by atoms with van der Waals surface area (Å²) in [4.78, 5) is 31.5. The Kier molecular flexibility index (Phi) is 6.61. The number of rotatable bonds is 3. The van der Waals surface area contributed by atoms with Gasteiger partial charge in [-0.15, -0.1) is 0 Å². The Bertz CT molecular complexity index is 1100. The van der Waals surface area contributed by atoms with Gasteiger partial charge in [-0.1, -0.05) is 18.2 Å². The molecule has 4 rings (SSSR count). The number of amides is 2. The molecule has 2 amide bonds. The number of hydrogen-bond donors (Lipinski definition) is 1. The molecule has 1 unspecified atom stereocenters. The number of imidazole rings is 1. The fourth-order valence-corrected chi connectivity index (χ4v) is 5.85. The van der Waals surface area contributed by atoms with Crippen LogP contribution in [-0.2, 0) is 33.1 Å². The van der Waals surface area contributed by atoms with Gasteiger partial charge in [0.25, 0.3) is 10.0 Å². The SMILES string of the molecule is Cn1cnc(S(=O)(=O)N2CCCC(C(=O)N3CCc4ccccc43)CCNC(=O)CC2)c1. The van der Waals surface area contributed by atoms with Crippen LogP contribution in [0.2, 0.25) is 0 Å². The molecular formula is C22H29N5O4S. The molecule has 0 spiro atoms. The highest BCUT2D eigenvalue weighted by Crippen LogP contribution is 2.30. The average Bonchev–Trinajstić information content (AvgIpc) is 3.39. The molecule has 1 saturated heterocycles. The van der Waals surface area contributed by atoms with Gasteiger partial charge in [0.2, 0.25) is 11.8 Å². The van der Waals surface area contributed by atoms with E-state index in [9.17, 15) is 18.0 Å². The molecule has 1 atom stereocenters. The lowest BCUT2D eigenvalue weighted by Gasteiger charge is -2.25. The first kappa shape index (κ1) is 22.5. The highest BCUT2D eigenvalue weighted by molar-refractivity contribution is 7.89. The van der Waals surface area contributed by atoms with E-state index in [1.54, 1.807) is 11.6 Å². The lowest BCUT2D eigenvalue weighted by atomic mass is 9.97. The predicted octanol–water partition coefficient (Wildman–Crippen LogP) is 1.31. The molecule has 0 bridgehead atoms. The second-order valence-corrected chi connectivity index (χ2v) is 10.3. The first-order chi connectivity index (χ1) is 15.4. The summed E-state index contributed by atoms with van der Waals surface area (Å²) in [6, 6.07) is 7.92. The van der Waals surface area contributed by atoms with Crippen LogP contribution in [0.5, 0.6) is 0 Å². The summed E-state index contributed by atoms with van der Waals surface area (Å²) < 4.78 is 29.0. The molecule has 3 heterocycles. The minimum atomic E-state index is -3.81. The van der Waals surface area contributed by atoms with Gasteiger partial charge in [0, 0.05) is 57.4 Å². The van der Waals surface area contributed by atoms with Crippen LogP contribution < -0.4 is 10.2 Å². The molecule has 1 aromatic carbocycles. The summed E-state index contributed by atoms with van der Waals surface area (Å²) in [7, 11) is -2.10. The molecule has 2 aliphatic heterocycles. The predicted molar refractivity (Wildman–Crippen MR) is 119 cm³/mol. The maximum absolute atomic E-state index is 13.4. The smallest absolute Gasteiger partial charge is 0.262 e. The fraction of sp³-hybridized carbons (Fsp3) is 0.500. The molecule has 2 aliphatic rings. The third-order valence-electron chi connectivity index (χ3n) is 6.15. The third-order valence-corrected chi connectivity index (χ3v) is 7.94. The van der Waals surface area contributed by atoms with Crippen LogP contribution in [0.1, 0.15) is 31.2 Å². The minimum absolute atomic E-state index is 0.0309. The van der Waals surface area contributed by atoms with Gasteiger partial charge in [-0.3, -0.25) is 9.59 Å². The lowest BCUT2D eigenvalue weighted by molar-refractivity contribution is -0.124. The Labute approximate surface area is 188 Å². The van der Waals surface area contributed by atoms with Crippen molar-refractivity contribution >= 4 is 27.5 Å². The second-order valence-electron chi connectivity index (χ2n) is 8.38. The number of aryl methyl sites for hydroxylation is 1. The molecule has 0 aliphatic carbocycles. The van der Waals surface area contributed by atoms with Crippen LogP contribution in [0, 0.1) is 5.92 Å². The van der Waals surface area contributed by atoms with E-state index in [2.05, 4.69) is 10.3 Å². The highest BCUT2D eigenvalue weighted by Gasteiger charge is 2.32. The van der Waals surface area contributed by atoms with Crippen LogP contribution in [-0.4, -0.2) is 60.3 Å². The van der Waals surface area contributed by atoms with Gasteiger partial charge in [-0.25, -0.2) is 13.4 Å². The Morgan fingerprint density at radius 1 is 1.12 bits per heavy atom. The number of fused-ring (bicyclic) bond motifs is 1. The van der Waals surface area contributed by atoms with Crippen molar-refractivity contribution in [2.75, 3.05) is 31.1 Å². The monoisotopic (exact) mass is 459 g/mol. The molecule has 1 aromatic heterocycles. The van der Waals surface area contributed by atoms with E-state index in [1.165, 1.54) is 22.4 Å². The van der Waals surface area contributed by atoms with E-state index >= 15 is 0 Å². The molecule has 10 heteroatoms. The standard InChI is InChI=1S/C22H29N5O4S/c1-25-15-21(24-16-25)32(30,31)26-12-4-6-18(8-11-23-20(28)10-13-26)22(29)27-14-9-17-5-2-3-7-19(17)27/h2-3,5,7,15-16,18H,4,6,8-14H2,1H3,(H,23,28). The molecule has 1 fully saturated rings. The summed E-state index contributed by atoms with van der Waals surface area (Å²) >= 11 is 0. The number of carbonyl (C=O) groups excluding carboxylic acids is 2. The van der Waals surface area contributed by atoms with Gasteiger partial charge in [0.05, 0.1) is 6.33 Å². The van der Waals surface area contributed by atoms with Crippen LogP contribution in [0.3, 0.4) is 0 Å². The van der Waals surface area contributed by atoms with Gasteiger partial charge >= 0.3 is 0 Å². The van der Waals surface area contributed by atoms with Crippen molar-refractivity contribution in [3.63, 3.8) is 0 Å². The van der Waals surface area contributed by atoms with E-state index in [0.717, 1.165) is 12.1 Å². The largest absolute Gasteiger partial charge is 0.356 e. The average molecular weight is 460 g/mol. The molecule has 0 radical (unpaired) electrons. The van der Waals surface area contributed by atoms with Crippen LogP contribution in [0.15, 0.2) is 41.8 Å². The van der Waals surface area contributed by atoms with Crippen molar-refractivity contribution in [3.8, 4) is 0 Å². The number of aromatic nitrogens is 2. The van der Waals surface area contributed by atoms with Gasteiger partial charge in [0.1, 0.15) is 0 Å². The van der Waals surface area contributed by atoms with Crippen molar-refractivity contribution < 1.29 is 18.0 Å². The number of carbonyl (C=O) groups is 2. The summed E-state index contributed by atoms with van der Waals surface area (Å²) in [6.45, 7) is 1.38. The van der Waals surface area contributed by atoms with E-state index < -0.39 is 10.0 Å². The summed E-state index contributed by atoms with van der Waals surface area (Å²) in [5, 5.41) is 2.81. The molecule has 172 valence electrons. The van der Waals surface area contributed by atoms with E-state index in [0.29, 0.717) is 32.4 Å². The number of hydrogen-bond acceptors (Lipinski definition) is 5. The zero-order chi connectivity index (χ0) is 22.7. The number of anilines is 1. The van der Waals surface area contributed by atoms with Gasteiger partial charge in [0.15, 0.2) is 5.03 Å². The highest BCUT2D eigenvalue weighted by atomic mass is 32.2.